The highest BCUT2D eigenvalue weighted by atomic mass is 15.1. The third-order valence-corrected chi connectivity index (χ3v) is 4.48. The maximum Gasteiger partial charge on any atom is 0.0950 e. The van der Waals surface area contributed by atoms with E-state index >= 15 is 0 Å². The first-order chi connectivity index (χ1) is 8.34. The molecule has 3 heteroatoms. The zero-order valence-electron chi connectivity index (χ0n) is 10.7. The molecule has 2 aliphatic rings. The SMILES string of the molecule is CC1CCCC(n2cncc2C2CCNC2)C1. The van der Waals surface area contributed by atoms with Crippen molar-refractivity contribution in [2.24, 2.45) is 5.92 Å². The zero-order valence-corrected chi connectivity index (χ0v) is 10.7. The molecule has 3 rings (SSSR count). The van der Waals surface area contributed by atoms with E-state index in [4.69, 9.17) is 0 Å². The van der Waals surface area contributed by atoms with Crippen LogP contribution in [0.4, 0.5) is 0 Å². The standard InChI is InChI=1S/C14H23N3/c1-11-3-2-4-13(7-11)17-10-16-9-14(17)12-5-6-15-8-12/h9-13,15H,2-8H2,1H3. The minimum atomic E-state index is 0.690. The summed E-state index contributed by atoms with van der Waals surface area (Å²) < 4.78 is 2.48. The van der Waals surface area contributed by atoms with Gasteiger partial charge in [0.15, 0.2) is 0 Å². The highest BCUT2D eigenvalue weighted by Crippen LogP contribution is 2.35. The van der Waals surface area contributed by atoms with Gasteiger partial charge in [0.25, 0.3) is 0 Å². The topological polar surface area (TPSA) is 29.9 Å². The monoisotopic (exact) mass is 233 g/mol. The lowest BCUT2D eigenvalue weighted by atomic mass is 9.86. The van der Waals surface area contributed by atoms with Gasteiger partial charge in [0.1, 0.15) is 0 Å². The second-order valence-electron chi connectivity index (χ2n) is 5.84. The fourth-order valence-corrected chi connectivity index (χ4v) is 3.50. The number of nitrogens with zero attached hydrogens (tertiary/aromatic N) is 2. The molecular weight excluding hydrogens is 210 g/mol. The molecule has 3 nitrogen and oxygen atoms in total. The third-order valence-electron chi connectivity index (χ3n) is 4.48. The molecule has 1 N–H and O–H groups in total. The van der Waals surface area contributed by atoms with E-state index in [1.54, 1.807) is 0 Å². The van der Waals surface area contributed by atoms with Crippen molar-refractivity contribution >= 4 is 0 Å². The molecule has 1 aromatic heterocycles. The summed E-state index contributed by atoms with van der Waals surface area (Å²) in [4.78, 5) is 4.40. The van der Waals surface area contributed by atoms with Crippen LogP contribution in [0, 0.1) is 5.92 Å². The van der Waals surface area contributed by atoms with Crippen molar-refractivity contribution in [3.63, 3.8) is 0 Å². The first-order valence-electron chi connectivity index (χ1n) is 7.07. The lowest BCUT2D eigenvalue weighted by Gasteiger charge is -2.30. The Bertz CT molecular complexity index is 365. The molecule has 0 aromatic carbocycles. The van der Waals surface area contributed by atoms with Crippen LogP contribution in [0.5, 0.6) is 0 Å². The van der Waals surface area contributed by atoms with Crippen molar-refractivity contribution in [1.29, 1.82) is 0 Å². The highest BCUT2D eigenvalue weighted by molar-refractivity contribution is 5.10. The van der Waals surface area contributed by atoms with Crippen molar-refractivity contribution in [3.05, 3.63) is 18.2 Å². The molecule has 1 aliphatic carbocycles. The summed E-state index contributed by atoms with van der Waals surface area (Å²) in [7, 11) is 0. The average Bonchev–Trinajstić information content (AvgIpc) is 3.00. The van der Waals surface area contributed by atoms with Crippen LogP contribution >= 0.6 is 0 Å². The van der Waals surface area contributed by atoms with Gasteiger partial charge in [0.2, 0.25) is 0 Å². The molecule has 0 radical (unpaired) electrons. The van der Waals surface area contributed by atoms with Gasteiger partial charge in [-0.15, -0.1) is 0 Å². The largest absolute Gasteiger partial charge is 0.331 e. The Balaban J connectivity index is 1.79. The molecule has 1 saturated carbocycles. The number of imidazole rings is 1. The Kier molecular flexibility index (Phi) is 3.19. The van der Waals surface area contributed by atoms with Crippen LogP contribution in [-0.4, -0.2) is 22.6 Å². The Hall–Kier alpha value is -0.830. The fraction of sp³-hybridized carbons (Fsp3) is 0.786. The van der Waals surface area contributed by atoms with E-state index in [0.29, 0.717) is 12.0 Å². The Morgan fingerprint density at radius 1 is 1.35 bits per heavy atom. The Morgan fingerprint density at radius 3 is 3.06 bits per heavy atom. The van der Waals surface area contributed by atoms with Gasteiger partial charge >= 0.3 is 0 Å². The summed E-state index contributed by atoms with van der Waals surface area (Å²) in [5, 5.41) is 3.46. The van der Waals surface area contributed by atoms with Crippen molar-refractivity contribution in [1.82, 2.24) is 14.9 Å². The average molecular weight is 233 g/mol. The third kappa shape index (κ3) is 2.25. The van der Waals surface area contributed by atoms with Gasteiger partial charge in [-0.3, -0.25) is 0 Å². The quantitative estimate of drug-likeness (QED) is 0.851. The molecule has 1 aromatic rings. The molecule has 0 spiro atoms. The second-order valence-corrected chi connectivity index (χ2v) is 5.84. The molecule has 2 heterocycles. The Morgan fingerprint density at radius 2 is 2.29 bits per heavy atom. The molecule has 0 amide bonds. The van der Waals surface area contributed by atoms with Crippen LogP contribution in [-0.2, 0) is 0 Å². The van der Waals surface area contributed by atoms with Crippen LogP contribution < -0.4 is 5.32 Å². The fourth-order valence-electron chi connectivity index (χ4n) is 3.50. The van der Waals surface area contributed by atoms with Gasteiger partial charge in [-0.2, -0.15) is 0 Å². The highest BCUT2D eigenvalue weighted by Gasteiger charge is 2.26. The maximum absolute atomic E-state index is 4.40. The first-order valence-corrected chi connectivity index (χ1v) is 7.07. The van der Waals surface area contributed by atoms with E-state index in [1.165, 1.54) is 37.8 Å². The van der Waals surface area contributed by atoms with Crippen molar-refractivity contribution in [3.8, 4) is 0 Å². The summed E-state index contributed by atoms with van der Waals surface area (Å²) >= 11 is 0. The molecule has 2 fully saturated rings. The molecule has 1 saturated heterocycles. The summed E-state index contributed by atoms with van der Waals surface area (Å²) in [5.74, 6) is 1.57. The van der Waals surface area contributed by atoms with E-state index in [0.717, 1.165) is 19.0 Å². The molecule has 1 aliphatic heterocycles. The van der Waals surface area contributed by atoms with Gasteiger partial charge in [0, 0.05) is 30.4 Å². The van der Waals surface area contributed by atoms with E-state index < -0.39 is 0 Å². The van der Waals surface area contributed by atoms with Crippen molar-refractivity contribution < 1.29 is 0 Å². The van der Waals surface area contributed by atoms with Crippen LogP contribution in [0.1, 0.15) is 56.7 Å². The number of hydrogen-bond donors (Lipinski definition) is 1. The lowest BCUT2D eigenvalue weighted by Crippen LogP contribution is -2.20. The minimum absolute atomic E-state index is 0.690. The summed E-state index contributed by atoms with van der Waals surface area (Å²) in [6.07, 6.45) is 10.9. The number of aromatic nitrogens is 2. The van der Waals surface area contributed by atoms with Gasteiger partial charge in [-0.05, 0) is 31.7 Å². The van der Waals surface area contributed by atoms with E-state index in [-0.39, 0.29) is 0 Å². The summed E-state index contributed by atoms with van der Waals surface area (Å²) in [6.45, 7) is 4.69. The first kappa shape index (κ1) is 11.3. The molecule has 17 heavy (non-hydrogen) atoms. The van der Waals surface area contributed by atoms with E-state index in [1.807, 2.05) is 0 Å². The summed E-state index contributed by atoms with van der Waals surface area (Å²) in [5.41, 5.74) is 1.47. The maximum atomic E-state index is 4.40. The lowest BCUT2D eigenvalue weighted by molar-refractivity contribution is 0.276. The molecule has 94 valence electrons. The molecule has 3 atom stereocenters. The number of nitrogens with one attached hydrogen (secondary N) is 1. The second kappa shape index (κ2) is 4.81. The Labute approximate surface area is 104 Å². The number of rotatable bonds is 2. The van der Waals surface area contributed by atoms with Gasteiger partial charge in [0.05, 0.1) is 6.33 Å². The number of hydrogen-bond acceptors (Lipinski definition) is 2. The van der Waals surface area contributed by atoms with Gasteiger partial charge < -0.3 is 9.88 Å². The van der Waals surface area contributed by atoms with Crippen LogP contribution in [0.2, 0.25) is 0 Å². The van der Waals surface area contributed by atoms with E-state index in [9.17, 15) is 0 Å². The van der Waals surface area contributed by atoms with Gasteiger partial charge in [-0.25, -0.2) is 4.98 Å². The van der Waals surface area contributed by atoms with Crippen molar-refractivity contribution in [2.75, 3.05) is 13.1 Å². The van der Waals surface area contributed by atoms with Crippen LogP contribution in [0.3, 0.4) is 0 Å². The predicted molar refractivity (Wildman–Crippen MR) is 69.1 cm³/mol. The molecule has 0 bridgehead atoms. The van der Waals surface area contributed by atoms with Gasteiger partial charge in [-0.1, -0.05) is 19.8 Å². The molecular formula is C14H23N3. The van der Waals surface area contributed by atoms with Crippen LogP contribution in [0.15, 0.2) is 12.5 Å². The van der Waals surface area contributed by atoms with Crippen molar-refractivity contribution in [2.45, 2.75) is 51.0 Å². The summed E-state index contributed by atoms with van der Waals surface area (Å²) in [6, 6.07) is 0.705. The normalized spacial score (nSPS) is 34.1. The predicted octanol–water partition coefficient (Wildman–Crippen LogP) is 2.71. The van der Waals surface area contributed by atoms with E-state index in [2.05, 4.69) is 34.3 Å². The van der Waals surface area contributed by atoms with Crippen LogP contribution in [0.25, 0.3) is 0 Å². The molecule has 3 unspecified atom stereocenters. The minimum Gasteiger partial charge on any atom is -0.331 e. The zero-order chi connectivity index (χ0) is 11.7. The smallest absolute Gasteiger partial charge is 0.0950 e.